The van der Waals surface area contributed by atoms with Crippen LogP contribution < -0.4 is 4.74 Å². The highest BCUT2D eigenvalue weighted by Gasteiger charge is 2.18. The lowest BCUT2D eigenvalue weighted by atomic mass is 10.0. The van der Waals surface area contributed by atoms with Crippen LogP contribution in [0.2, 0.25) is 0 Å². The van der Waals surface area contributed by atoms with Gasteiger partial charge >= 0.3 is 0 Å². The van der Waals surface area contributed by atoms with Crippen molar-refractivity contribution in [3.8, 4) is 5.75 Å². The second kappa shape index (κ2) is 6.48. The van der Waals surface area contributed by atoms with Gasteiger partial charge < -0.3 is 4.74 Å². The van der Waals surface area contributed by atoms with Gasteiger partial charge in [0.15, 0.2) is 0 Å². The summed E-state index contributed by atoms with van der Waals surface area (Å²) in [5, 5.41) is 0. The number of hydrogen-bond donors (Lipinski definition) is 0. The summed E-state index contributed by atoms with van der Waals surface area (Å²) >= 11 is 0. The van der Waals surface area contributed by atoms with Crippen LogP contribution in [0.25, 0.3) is 6.08 Å². The Bertz CT molecular complexity index is 335. The lowest BCUT2D eigenvalue weighted by Crippen LogP contribution is -2.27. The van der Waals surface area contributed by atoms with E-state index in [2.05, 4.69) is 27.4 Å². The molecule has 1 aromatic rings. The van der Waals surface area contributed by atoms with Gasteiger partial charge in [-0.1, -0.05) is 44.6 Å². The first kappa shape index (κ1) is 13.8. The van der Waals surface area contributed by atoms with Gasteiger partial charge in [0.2, 0.25) is 0 Å². The number of ether oxygens (including phenoxy) is 1. The van der Waals surface area contributed by atoms with E-state index in [1.165, 1.54) is 19.3 Å². The van der Waals surface area contributed by atoms with Crippen molar-refractivity contribution in [3.63, 3.8) is 0 Å². The van der Waals surface area contributed by atoms with Crippen LogP contribution in [0, 0.1) is 0 Å². The summed E-state index contributed by atoms with van der Waals surface area (Å²) in [6, 6.07) is 8.09. The van der Waals surface area contributed by atoms with Gasteiger partial charge in [-0.3, -0.25) is 0 Å². The lowest BCUT2D eigenvalue weighted by molar-refractivity contribution is 0.0962. The maximum atomic E-state index is 6.01. The van der Waals surface area contributed by atoms with Gasteiger partial charge in [-0.2, -0.15) is 0 Å². The molecule has 0 aliphatic heterocycles. The molecule has 0 N–H and O–H groups in total. The fraction of sp³-hybridized carbons (Fsp3) is 0.500. The van der Waals surface area contributed by atoms with E-state index in [4.69, 9.17) is 4.74 Å². The zero-order valence-corrected chi connectivity index (χ0v) is 11.3. The zero-order chi connectivity index (χ0) is 12.7. The van der Waals surface area contributed by atoms with Gasteiger partial charge in [-0.05, 0) is 44.4 Å². The minimum atomic E-state index is -0.0785. The van der Waals surface area contributed by atoms with Crippen molar-refractivity contribution in [2.45, 2.75) is 52.1 Å². The molecule has 94 valence electrons. The van der Waals surface area contributed by atoms with Crippen LogP contribution >= 0.6 is 0 Å². The zero-order valence-electron chi connectivity index (χ0n) is 11.3. The van der Waals surface area contributed by atoms with E-state index in [9.17, 15) is 0 Å². The Kier molecular flexibility index (Phi) is 5.27. The predicted molar refractivity (Wildman–Crippen MR) is 75.4 cm³/mol. The van der Waals surface area contributed by atoms with Crippen LogP contribution in [0.4, 0.5) is 0 Å². The molecule has 0 radical (unpaired) electrons. The third-order valence-electron chi connectivity index (χ3n) is 2.89. The first-order valence-corrected chi connectivity index (χ1v) is 6.49. The Labute approximate surface area is 106 Å². The maximum absolute atomic E-state index is 6.01. The quantitative estimate of drug-likeness (QED) is 0.596. The Morgan fingerprint density at radius 1 is 1.18 bits per heavy atom. The molecule has 0 saturated carbocycles. The smallest absolute Gasteiger partial charge is 0.120 e. The van der Waals surface area contributed by atoms with E-state index in [1.807, 2.05) is 30.3 Å². The summed E-state index contributed by atoms with van der Waals surface area (Å²) in [7, 11) is 0. The summed E-state index contributed by atoms with van der Waals surface area (Å²) in [6.07, 6.45) is 6.71. The molecule has 0 unspecified atom stereocenters. The minimum Gasteiger partial charge on any atom is -0.488 e. The van der Waals surface area contributed by atoms with E-state index >= 15 is 0 Å². The average Bonchev–Trinajstić information content (AvgIpc) is 2.30. The van der Waals surface area contributed by atoms with E-state index in [-0.39, 0.29) is 5.60 Å². The van der Waals surface area contributed by atoms with Crippen molar-refractivity contribution in [2.75, 3.05) is 0 Å². The molecule has 0 atom stereocenters. The van der Waals surface area contributed by atoms with Crippen LogP contribution in [0.1, 0.15) is 52.0 Å². The second-order valence-electron chi connectivity index (χ2n) is 5.09. The summed E-state index contributed by atoms with van der Waals surface area (Å²) in [5.74, 6) is 0.942. The van der Waals surface area contributed by atoms with Crippen molar-refractivity contribution in [1.29, 1.82) is 0 Å². The van der Waals surface area contributed by atoms with E-state index in [0.29, 0.717) is 0 Å². The molecule has 0 amide bonds. The highest BCUT2D eigenvalue weighted by atomic mass is 16.5. The molecular formula is C16H24O. The monoisotopic (exact) mass is 232 g/mol. The molecule has 0 aliphatic carbocycles. The van der Waals surface area contributed by atoms with Crippen molar-refractivity contribution in [3.05, 3.63) is 36.4 Å². The number of unbranched alkanes of at least 4 members (excludes halogenated alkanes) is 2. The molecule has 1 rings (SSSR count). The fourth-order valence-corrected chi connectivity index (χ4v) is 1.84. The molecule has 1 heteroatoms. The van der Waals surface area contributed by atoms with Gasteiger partial charge in [0, 0.05) is 0 Å². The maximum Gasteiger partial charge on any atom is 0.120 e. The summed E-state index contributed by atoms with van der Waals surface area (Å²) in [4.78, 5) is 0. The molecular weight excluding hydrogens is 208 g/mol. The number of rotatable bonds is 7. The summed E-state index contributed by atoms with van der Waals surface area (Å²) in [6.45, 7) is 10.3. The molecule has 0 aromatic heterocycles. The highest BCUT2D eigenvalue weighted by Crippen LogP contribution is 2.23. The Morgan fingerprint density at radius 3 is 2.35 bits per heavy atom. The topological polar surface area (TPSA) is 9.23 Å². The van der Waals surface area contributed by atoms with Gasteiger partial charge in [-0.25, -0.2) is 0 Å². The van der Waals surface area contributed by atoms with Gasteiger partial charge in [0.05, 0.1) is 0 Å². The normalized spacial score (nSPS) is 11.2. The van der Waals surface area contributed by atoms with E-state index < -0.39 is 0 Å². The Balaban J connectivity index is 2.52. The molecule has 0 spiro atoms. The van der Waals surface area contributed by atoms with Gasteiger partial charge in [0.25, 0.3) is 0 Å². The van der Waals surface area contributed by atoms with Gasteiger partial charge in [-0.15, -0.1) is 0 Å². The minimum absolute atomic E-state index is 0.0785. The molecule has 0 fully saturated rings. The van der Waals surface area contributed by atoms with Crippen molar-refractivity contribution < 1.29 is 4.74 Å². The van der Waals surface area contributed by atoms with E-state index in [1.54, 1.807) is 0 Å². The van der Waals surface area contributed by atoms with Crippen molar-refractivity contribution in [2.24, 2.45) is 0 Å². The number of hydrogen-bond acceptors (Lipinski definition) is 1. The fourth-order valence-electron chi connectivity index (χ4n) is 1.84. The SMILES string of the molecule is C=Cc1ccc(OC(C)(C)CCCCC)cc1. The Morgan fingerprint density at radius 2 is 1.82 bits per heavy atom. The predicted octanol–water partition coefficient (Wildman–Crippen LogP) is 5.07. The van der Waals surface area contributed by atoms with Gasteiger partial charge in [0.1, 0.15) is 11.4 Å². The molecule has 0 heterocycles. The van der Waals surface area contributed by atoms with Crippen LogP contribution in [0.15, 0.2) is 30.8 Å². The molecule has 0 saturated heterocycles. The molecule has 0 bridgehead atoms. The highest BCUT2D eigenvalue weighted by molar-refractivity contribution is 5.48. The van der Waals surface area contributed by atoms with Crippen LogP contribution in [0.5, 0.6) is 5.75 Å². The summed E-state index contributed by atoms with van der Waals surface area (Å²) < 4.78 is 6.01. The first-order chi connectivity index (χ1) is 8.07. The molecule has 1 aromatic carbocycles. The van der Waals surface area contributed by atoms with Crippen LogP contribution in [-0.4, -0.2) is 5.60 Å². The molecule has 0 aliphatic rings. The first-order valence-electron chi connectivity index (χ1n) is 6.49. The molecule has 17 heavy (non-hydrogen) atoms. The molecule has 1 nitrogen and oxygen atoms in total. The third kappa shape index (κ3) is 5.08. The van der Waals surface area contributed by atoms with Crippen molar-refractivity contribution >= 4 is 6.08 Å². The largest absolute Gasteiger partial charge is 0.488 e. The second-order valence-corrected chi connectivity index (χ2v) is 5.09. The summed E-state index contributed by atoms with van der Waals surface area (Å²) in [5.41, 5.74) is 1.05. The Hall–Kier alpha value is -1.24. The van der Waals surface area contributed by atoms with Crippen molar-refractivity contribution in [1.82, 2.24) is 0 Å². The van der Waals surface area contributed by atoms with Crippen LogP contribution in [-0.2, 0) is 0 Å². The van der Waals surface area contributed by atoms with Crippen LogP contribution in [0.3, 0.4) is 0 Å². The number of benzene rings is 1. The standard InChI is InChI=1S/C16H24O/c1-5-7-8-13-16(3,4)17-15-11-9-14(6-2)10-12-15/h6,9-12H,2,5,7-8,13H2,1,3-4H3. The average molecular weight is 232 g/mol. The third-order valence-corrected chi connectivity index (χ3v) is 2.89. The van der Waals surface area contributed by atoms with E-state index in [0.717, 1.165) is 17.7 Å². The lowest BCUT2D eigenvalue weighted by Gasteiger charge is -2.26.